The molecule has 0 unspecified atom stereocenters. The number of guanidine groups is 1. The molecule has 0 radical (unpaired) electrons. The molecule has 0 saturated heterocycles. The summed E-state index contributed by atoms with van der Waals surface area (Å²) in [5, 5.41) is 6.51. The van der Waals surface area contributed by atoms with Crippen LogP contribution in [0.25, 0.3) is 0 Å². The van der Waals surface area contributed by atoms with Crippen molar-refractivity contribution in [1.29, 1.82) is 0 Å². The van der Waals surface area contributed by atoms with Crippen LogP contribution in [-0.2, 0) is 6.42 Å². The molecule has 0 spiro atoms. The molecule has 0 fully saturated rings. The number of aromatic nitrogens is 1. The van der Waals surface area contributed by atoms with Crippen LogP contribution in [0.3, 0.4) is 0 Å². The van der Waals surface area contributed by atoms with Gasteiger partial charge in [-0.15, -0.1) is 0 Å². The topological polar surface area (TPSA) is 86.7 Å². The van der Waals surface area contributed by atoms with Gasteiger partial charge in [-0.3, -0.25) is 24.5 Å². The standard InChI is InChI=1S/C21H25N5O2/c1-22-21(25-14-11-16-8-4-5-12-23-16)24-13-6-7-15-26-19(27)17-9-2-3-10-18(17)20(26)28/h2-5,8-10,12H,6-7,11,13-15H2,1H3,(H2,22,24,25). The number of pyridine rings is 1. The van der Waals surface area contributed by atoms with Crippen molar-refractivity contribution in [3.63, 3.8) is 0 Å². The molecule has 0 atom stereocenters. The summed E-state index contributed by atoms with van der Waals surface area (Å²) in [6.07, 6.45) is 4.18. The number of rotatable bonds is 8. The summed E-state index contributed by atoms with van der Waals surface area (Å²) in [4.78, 5) is 34.5. The molecule has 2 N–H and O–H groups in total. The third-order valence-electron chi connectivity index (χ3n) is 4.60. The van der Waals surface area contributed by atoms with Gasteiger partial charge >= 0.3 is 0 Å². The zero-order valence-corrected chi connectivity index (χ0v) is 16.0. The van der Waals surface area contributed by atoms with E-state index < -0.39 is 0 Å². The molecule has 3 rings (SSSR count). The van der Waals surface area contributed by atoms with Crippen LogP contribution in [0, 0.1) is 0 Å². The van der Waals surface area contributed by atoms with Crippen LogP contribution in [-0.4, -0.2) is 54.3 Å². The summed E-state index contributed by atoms with van der Waals surface area (Å²) in [5.41, 5.74) is 2.04. The average molecular weight is 379 g/mol. The minimum Gasteiger partial charge on any atom is -0.356 e. The second-order valence-electron chi connectivity index (χ2n) is 6.51. The van der Waals surface area contributed by atoms with Crippen molar-refractivity contribution in [3.05, 3.63) is 65.5 Å². The molecule has 0 aliphatic carbocycles. The van der Waals surface area contributed by atoms with Crippen molar-refractivity contribution >= 4 is 17.8 Å². The van der Waals surface area contributed by atoms with Crippen LogP contribution in [0.1, 0.15) is 39.3 Å². The number of amides is 2. The lowest BCUT2D eigenvalue weighted by Gasteiger charge is -2.14. The second kappa shape index (κ2) is 9.64. The van der Waals surface area contributed by atoms with E-state index in [0.717, 1.165) is 37.5 Å². The number of fused-ring (bicyclic) bond motifs is 1. The smallest absolute Gasteiger partial charge is 0.261 e. The molecule has 0 bridgehead atoms. The molecule has 1 aliphatic rings. The Morgan fingerprint density at radius 3 is 2.29 bits per heavy atom. The van der Waals surface area contributed by atoms with Gasteiger partial charge in [-0.2, -0.15) is 0 Å². The lowest BCUT2D eigenvalue weighted by Crippen LogP contribution is -2.39. The number of hydrogen-bond donors (Lipinski definition) is 2. The summed E-state index contributed by atoms with van der Waals surface area (Å²) < 4.78 is 0. The molecular weight excluding hydrogens is 354 g/mol. The minimum atomic E-state index is -0.194. The largest absolute Gasteiger partial charge is 0.356 e. The van der Waals surface area contributed by atoms with Gasteiger partial charge in [0.25, 0.3) is 11.8 Å². The summed E-state index contributed by atoms with van der Waals surface area (Å²) in [6, 6.07) is 12.9. The molecule has 1 aliphatic heterocycles. The van der Waals surface area contributed by atoms with Crippen molar-refractivity contribution in [2.24, 2.45) is 4.99 Å². The SMILES string of the molecule is CN=C(NCCCCN1C(=O)c2ccccc2C1=O)NCCc1ccccn1. The maximum atomic E-state index is 12.3. The van der Waals surface area contributed by atoms with E-state index in [0.29, 0.717) is 24.2 Å². The predicted octanol–water partition coefficient (Wildman–Crippen LogP) is 1.87. The van der Waals surface area contributed by atoms with E-state index in [4.69, 9.17) is 0 Å². The second-order valence-corrected chi connectivity index (χ2v) is 6.51. The Hall–Kier alpha value is -3.22. The molecule has 28 heavy (non-hydrogen) atoms. The highest BCUT2D eigenvalue weighted by Gasteiger charge is 2.34. The van der Waals surface area contributed by atoms with Crippen molar-refractivity contribution in [2.45, 2.75) is 19.3 Å². The van der Waals surface area contributed by atoms with Crippen LogP contribution in [0.4, 0.5) is 0 Å². The highest BCUT2D eigenvalue weighted by Crippen LogP contribution is 2.22. The number of nitrogens with zero attached hydrogens (tertiary/aromatic N) is 3. The first-order chi connectivity index (χ1) is 13.7. The van der Waals surface area contributed by atoms with Crippen LogP contribution in [0.5, 0.6) is 0 Å². The highest BCUT2D eigenvalue weighted by atomic mass is 16.2. The fourth-order valence-electron chi connectivity index (χ4n) is 3.12. The Bertz CT molecular complexity index is 816. The van der Waals surface area contributed by atoms with Gasteiger partial charge in [0, 0.05) is 45.0 Å². The first kappa shape index (κ1) is 19.5. The van der Waals surface area contributed by atoms with Crippen molar-refractivity contribution in [3.8, 4) is 0 Å². The van der Waals surface area contributed by atoms with Crippen molar-refractivity contribution in [1.82, 2.24) is 20.5 Å². The van der Waals surface area contributed by atoms with E-state index in [9.17, 15) is 9.59 Å². The number of carbonyl (C=O) groups is 2. The maximum absolute atomic E-state index is 12.3. The van der Waals surface area contributed by atoms with Crippen LogP contribution >= 0.6 is 0 Å². The molecule has 7 nitrogen and oxygen atoms in total. The molecular formula is C21H25N5O2. The first-order valence-electron chi connectivity index (χ1n) is 9.50. The van der Waals surface area contributed by atoms with E-state index in [2.05, 4.69) is 20.6 Å². The van der Waals surface area contributed by atoms with Crippen LogP contribution in [0.15, 0.2) is 53.7 Å². The number of imide groups is 1. The fraction of sp³-hybridized carbons (Fsp3) is 0.333. The van der Waals surface area contributed by atoms with Gasteiger partial charge in [-0.25, -0.2) is 0 Å². The van der Waals surface area contributed by atoms with Gasteiger partial charge in [-0.1, -0.05) is 18.2 Å². The Morgan fingerprint density at radius 1 is 0.964 bits per heavy atom. The fourth-order valence-corrected chi connectivity index (χ4v) is 3.12. The molecule has 1 aromatic carbocycles. The van der Waals surface area contributed by atoms with Crippen LogP contribution < -0.4 is 10.6 Å². The molecule has 2 heterocycles. The molecule has 2 amide bonds. The quantitative estimate of drug-likeness (QED) is 0.316. The Morgan fingerprint density at radius 2 is 1.64 bits per heavy atom. The molecule has 7 heteroatoms. The zero-order chi connectivity index (χ0) is 19.8. The lowest BCUT2D eigenvalue weighted by atomic mass is 10.1. The number of benzene rings is 1. The highest BCUT2D eigenvalue weighted by molar-refractivity contribution is 6.21. The maximum Gasteiger partial charge on any atom is 0.261 e. The molecule has 146 valence electrons. The van der Waals surface area contributed by atoms with Gasteiger partial charge < -0.3 is 10.6 Å². The van der Waals surface area contributed by atoms with Gasteiger partial charge in [0.15, 0.2) is 5.96 Å². The van der Waals surface area contributed by atoms with E-state index in [1.807, 2.05) is 18.2 Å². The third-order valence-corrected chi connectivity index (χ3v) is 4.60. The predicted molar refractivity (Wildman–Crippen MR) is 108 cm³/mol. The van der Waals surface area contributed by atoms with E-state index in [1.165, 1.54) is 4.90 Å². The number of aliphatic imine (C=N–C) groups is 1. The Labute approximate surface area is 164 Å². The van der Waals surface area contributed by atoms with Gasteiger partial charge in [0.2, 0.25) is 0 Å². The molecule has 0 saturated carbocycles. The average Bonchev–Trinajstić information content (AvgIpc) is 2.98. The Balaban J connectivity index is 1.34. The third kappa shape index (κ3) is 4.73. The van der Waals surface area contributed by atoms with E-state index in [1.54, 1.807) is 37.5 Å². The first-order valence-corrected chi connectivity index (χ1v) is 9.50. The zero-order valence-electron chi connectivity index (χ0n) is 16.0. The van der Waals surface area contributed by atoms with Crippen molar-refractivity contribution in [2.75, 3.05) is 26.7 Å². The summed E-state index contributed by atoms with van der Waals surface area (Å²) in [5.74, 6) is 0.345. The van der Waals surface area contributed by atoms with E-state index in [-0.39, 0.29) is 11.8 Å². The number of hydrogen-bond acceptors (Lipinski definition) is 4. The van der Waals surface area contributed by atoms with E-state index >= 15 is 0 Å². The summed E-state index contributed by atoms with van der Waals surface area (Å²) >= 11 is 0. The number of nitrogens with one attached hydrogen (secondary N) is 2. The normalized spacial score (nSPS) is 13.6. The molecule has 2 aromatic rings. The van der Waals surface area contributed by atoms with Gasteiger partial charge in [0.05, 0.1) is 11.1 Å². The summed E-state index contributed by atoms with van der Waals surface area (Å²) in [6.45, 7) is 1.89. The lowest BCUT2D eigenvalue weighted by molar-refractivity contribution is 0.0652. The van der Waals surface area contributed by atoms with Crippen molar-refractivity contribution < 1.29 is 9.59 Å². The minimum absolute atomic E-state index is 0.194. The van der Waals surface area contributed by atoms with Gasteiger partial charge in [-0.05, 0) is 37.1 Å². The number of unbranched alkanes of at least 4 members (excludes halogenated alkanes) is 1. The Kier molecular flexibility index (Phi) is 6.73. The molecule has 1 aromatic heterocycles. The van der Waals surface area contributed by atoms with Gasteiger partial charge in [0.1, 0.15) is 0 Å². The number of carbonyl (C=O) groups excluding carboxylic acids is 2. The monoisotopic (exact) mass is 379 g/mol. The van der Waals surface area contributed by atoms with Crippen LogP contribution in [0.2, 0.25) is 0 Å². The summed E-state index contributed by atoms with van der Waals surface area (Å²) in [7, 11) is 1.73.